The summed E-state index contributed by atoms with van der Waals surface area (Å²) < 4.78 is 0. The second-order valence-electron chi connectivity index (χ2n) is 6.61. The summed E-state index contributed by atoms with van der Waals surface area (Å²) in [6.07, 6.45) is 8.13. The van der Waals surface area contributed by atoms with Gasteiger partial charge in [0.15, 0.2) is 0 Å². The number of H-pyrrole nitrogens is 2. The maximum Gasteiger partial charge on any atom is 0.0937 e. The van der Waals surface area contributed by atoms with Crippen LogP contribution in [-0.2, 0) is 6.42 Å². The second-order valence-corrected chi connectivity index (χ2v) is 6.61. The number of benzene rings is 1. The first-order valence-electron chi connectivity index (χ1n) is 8.94. The summed E-state index contributed by atoms with van der Waals surface area (Å²) in [4.78, 5) is 9.25. The monoisotopic (exact) mass is 323 g/mol. The highest BCUT2D eigenvalue weighted by molar-refractivity contribution is 6.08. The molecule has 1 unspecified atom stereocenters. The first-order valence-corrected chi connectivity index (χ1v) is 8.94. The number of hydrogen-bond acceptors (Lipinski definition) is 2. The molecule has 3 N–H and O–H groups in total. The number of aryl methyl sites for hydroxylation is 1. The fourth-order valence-corrected chi connectivity index (χ4v) is 3.87. The van der Waals surface area contributed by atoms with Crippen LogP contribution in [0.2, 0.25) is 0 Å². The highest BCUT2D eigenvalue weighted by Gasteiger charge is 2.19. The predicted octanol–water partition coefficient (Wildman–Crippen LogP) is 3.98. The van der Waals surface area contributed by atoms with E-state index in [9.17, 15) is 5.11 Å². The third-order valence-electron chi connectivity index (χ3n) is 5.31. The van der Waals surface area contributed by atoms with Crippen molar-refractivity contribution in [1.29, 1.82) is 0 Å². The summed E-state index contributed by atoms with van der Waals surface area (Å²) in [5, 5.41) is 13.1. The topological polar surface area (TPSA) is 55.0 Å². The Balaban J connectivity index is 1.78. The van der Waals surface area contributed by atoms with Crippen molar-refractivity contribution in [1.82, 2.24) is 14.9 Å². The van der Waals surface area contributed by atoms with Gasteiger partial charge in [0.1, 0.15) is 0 Å². The zero-order valence-corrected chi connectivity index (χ0v) is 14.4. The molecule has 1 aliphatic carbocycles. The molecule has 1 aliphatic rings. The standard InChI is InChI=1S/C20H25N3O/c1-3-23(4-2)12-18(24)16-11-21-19-15(16)10-9-14-13-7-5-6-8-17(13)22-20(14)19/h5,7,9-11,18,21-22,24H,3-4,6,8,12H2,1-2H3. The van der Waals surface area contributed by atoms with Crippen LogP contribution in [0.25, 0.3) is 27.9 Å². The summed E-state index contributed by atoms with van der Waals surface area (Å²) in [5.41, 5.74) is 5.88. The molecule has 0 saturated carbocycles. The van der Waals surface area contributed by atoms with E-state index in [1.54, 1.807) is 0 Å². The Morgan fingerprint density at radius 2 is 1.96 bits per heavy atom. The Bertz CT molecular complexity index is 899. The lowest BCUT2D eigenvalue weighted by Gasteiger charge is -2.21. The van der Waals surface area contributed by atoms with Gasteiger partial charge in [0.05, 0.1) is 17.1 Å². The molecule has 3 aromatic rings. The van der Waals surface area contributed by atoms with Gasteiger partial charge < -0.3 is 20.0 Å². The normalized spacial score (nSPS) is 15.5. The molecule has 24 heavy (non-hydrogen) atoms. The van der Waals surface area contributed by atoms with Crippen LogP contribution in [0.4, 0.5) is 0 Å². The summed E-state index contributed by atoms with van der Waals surface area (Å²) >= 11 is 0. The van der Waals surface area contributed by atoms with Crippen molar-refractivity contribution in [2.24, 2.45) is 0 Å². The van der Waals surface area contributed by atoms with Gasteiger partial charge >= 0.3 is 0 Å². The SMILES string of the molecule is CCN(CC)CC(O)c1c[nH]c2c1ccc1c3c([nH]c12)CCC=C3. The zero-order valence-electron chi connectivity index (χ0n) is 14.4. The van der Waals surface area contributed by atoms with Gasteiger partial charge in [-0.3, -0.25) is 0 Å². The number of aromatic amines is 2. The van der Waals surface area contributed by atoms with Crippen molar-refractivity contribution in [3.63, 3.8) is 0 Å². The summed E-state index contributed by atoms with van der Waals surface area (Å²) in [6.45, 7) is 6.84. The Hall–Kier alpha value is -2.04. The molecule has 0 amide bonds. The average molecular weight is 323 g/mol. The Kier molecular flexibility index (Phi) is 3.94. The van der Waals surface area contributed by atoms with Gasteiger partial charge in [-0.2, -0.15) is 0 Å². The minimum absolute atomic E-state index is 0.472. The quantitative estimate of drug-likeness (QED) is 0.665. The van der Waals surface area contributed by atoms with Crippen LogP contribution in [0, 0.1) is 0 Å². The third kappa shape index (κ3) is 2.38. The number of nitrogens with one attached hydrogen (secondary N) is 2. The molecule has 1 aromatic carbocycles. The number of allylic oxidation sites excluding steroid dienone is 1. The van der Waals surface area contributed by atoms with E-state index < -0.39 is 6.10 Å². The van der Waals surface area contributed by atoms with E-state index in [0.29, 0.717) is 6.54 Å². The number of aliphatic hydroxyl groups is 1. The molecule has 0 saturated heterocycles. The number of nitrogens with zero attached hydrogens (tertiary/aromatic N) is 1. The molecule has 0 fully saturated rings. The third-order valence-corrected chi connectivity index (χ3v) is 5.31. The van der Waals surface area contributed by atoms with E-state index in [2.05, 4.69) is 53.0 Å². The van der Waals surface area contributed by atoms with Crippen LogP contribution in [0.15, 0.2) is 24.4 Å². The van der Waals surface area contributed by atoms with E-state index in [1.807, 2.05) is 6.20 Å². The Morgan fingerprint density at radius 1 is 1.17 bits per heavy atom. The van der Waals surface area contributed by atoms with Crippen molar-refractivity contribution < 1.29 is 5.11 Å². The largest absolute Gasteiger partial charge is 0.387 e. The van der Waals surface area contributed by atoms with Gasteiger partial charge in [-0.05, 0) is 25.9 Å². The number of aromatic nitrogens is 2. The molecule has 1 atom stereocenters. The zero-order chi connectivity index (χ0) is 16.7. The second kappa shape index (κ2) is 6.11. The van der Waals surface area contributed by atoms with Crippen molar-refractivity contribution in [2.45, 2.75) is 32.8 Å². The van der Waals surface area contributed by atoms with Crippen LogP contribution in [-0.4, -0.2) is 39.6 Å². The molecule has 2 heterocycles. The average Bonchev–Trinajstić information content (AvgIpc) is 3.20. The highest BCUT2D eigenvalue weighted by Crippen LogP contribution is 2.34. The number of likely N-dealkylation sites (N-methyl/N-ethyl adjacent to an activating group) is 1. The fourth-order valence-electron chi connectivity index (χ4n) is 3.87. The molecule has 0 radical (unpaired) electrons. The molecular weight excluding hydrogens is 298 g/mol. The van der Waals surface area contributed by atoms with Crippen molar-refractivity contribution in [3.8, 4) is 0 Å². The van der Waals surface area contributed by atoms with Gasteiger partial charge in [-0.15, -0.1) is 0 Å². The lowest BCUT2D eigenvalue weighted by Crippen LogP contribution is -2.28. The minimum atomic E-state index is -0.472. The summed E-state index contributed by atoms with van der Waals surface area (Å²) in [7, 11) is 0. The van der Waals surface area contributed by atoms with Gasteiger partial charge in [0, 0.05) is 40.3 Å². The van der Waals surface area contributed by atoms with Crippen LogP contribution in [0.3, 0.4) is 0 Å². The number of rotatable bonds is 5. The predicted molar refractivity (Wildman–Crippen MR) is 100 cm³/mol. The van der Waals surface area contributed by atoms with E-state index in [1.165, 1.54) is 16.6 Å². The molecule has 0 aliphatic heterocycles. The van der Waals surface area contributed by atoms with E-state index >= 15 is 0 Å². The van der Waals surface area contributed by atoms with Crippen molar-refractivity contribution in [2.75, 3.05) is 19.6 Å². The number of aliphatic hydroxyl groups excluding tert-OH is 1. The molecule has 0 spiro atoms. The van der Waals surface area contributed by atoms with Crippen molar-refractivity contribution in [3.05, 3.63) is 41.2 Å². The first kappa shape index (κ1) is 15.5. The molecular formula is C20H25N3O. The molecule has 4 rings (SSSR count). The summed E-state index contributed by atoms with van der Waals surface area (Å²) in [6, 6.07) is 4.33. The lowest BCUT2D eigenvalue weighted by atomic mass is 10.0. The number of hydrogen-bond donors (Lipinski definition) is 3. The highest BCUT2D eigenvalue weighted by atomic mass is 16.3. The first-order chi connectivity index (χ1) is 11.7. The van der Waals surface area contributed by atoms with Crippen LogP contribution >= 0.6 is 0 Å². The minimum Gasteiger partial charge on any atom is -0.387 e. The molecule has 4 heteroatoms. The van der Waals surface area contributed by atoms with Crippen LogP contribution in [0.1, 0.15) is 43.2 Å². The Labute approximate surface area is 142 Å². The van der Waals surface area contributed by atoms with Gasteiger partial charge in [-0.25, -0.2) is 0 Å². The molecule has 2 aromatic heterocycles. The van der Waals surface area contributed by atoms with Gasteiger partial charge in [0.2, 0.25) is 0 Å². The van der Waals surface area contributed by atoms with Crippen molar-refractivity contribution >= 4 is 27.9 Å². The van der Waals surface area contributed by atoms with Crippen LogP contribution < -0.4 is 0 Å². The van der Waals surface area contributed by atoms with E-state index in [-0.39, 0.29) is 0 Å². The molecule has 0 bridgehead atoms. The van der Waals surface area contributed by atoms with E-state index in [4.69, 9.17) is 0 Å². The van der Waals surface area contributed by atoms with Crippen LogP contribution in [0.5, 0.6) is 0 Å². The molecule has 126 valence electrons. The summed E-state index contributed by atoms with van der Waals surface area (Å²) in [5.74, 6) is 0. The smallest absolute Gasteiger partial charge is 0.0937 e. The maximum atomic E-state index is 10.7. The fraction of sp³-hybridized carbons (Fsp3) is 0.400. The van der Waals surface area contributed by atoms with E-state index in [0.717, 1.165) is 47.9 Å². The lowest BCUT2D eigenvalue weighted by molar-refractivity contribution is 0.120. The molecule has 4 nitrogen and oxygen atoms in total. The maximum absolute atomic E-state index is 10.7. The Morgan fingerprint density at radius 3 is 2.75 bits per heavy atom. The van der Waals surface area contributed by atoms with Gasteiger partial charge in [0.25, 0.3) is 0 Å². The number of fused-ring (bicyclic) bond motifs is 5. The van der Waals surface area contributed by atoms with Gasteiger partial charge in [-0.1, -0.05) is 38.1 Å².